The second kappa shape index (κ2) is 23.1. The maximum absolute atomic E-state index is 13.9. The number of anilines is 1. The Labute approximate surface area is 418 Å². The summed E-state index contributed by atoms with van der Waals surface area (Å²) in [6.45, 7) is 10.00. The minimum absolute atomic E-state index is 0.0181. The zero-order valence-corrected chi connectivity index (χ0v) is 41.9. The quantitative estimate of drug-likeness (QED) is 0.0584. The standard InChI is InChI=1S/C50H58N10O9S2/c1-31-44(70-30-54-31)34-8-6-32(7-9-34)26-53-47(63)39-23-35(61)27-59(39)48(64)45(50(2,3)4)57-42(62)29-68-19-18-66-15-14-65-16-17-67-20-21-69-36-10-11-38-40(24-36)71-49-55-37(28-60(38)49)43-46(52-5)58-13-12-33(25-51)22-41(58)56-43/h6-13,22,24,28,30,35,39,45,52,61H,14-21,23,26-27,29H2,1-5H3,(H,53,63)(H,57,62)/t35-,39+,45?/m1/s1. The van der Waals surface area contributed by atoms with Crippen molar-refractivity contribution >= 4 is 67.0 Å². The summed E-state index contributed by atoms with van der Waals surface area (Å²) in [6.07, 6.45) is 3.02. The molecule has 0 saturated carbocycles. The molecule has 2 aromatic carbocycles. The third-order valence-corrected chi connectivity index (χ3v) is 13.9. The van der Waals surface area contributed by atoms with Crippen molar-refractivity contribution in [3.05, 3.63) is 89.3 Å². The molecule has 374 valence electrons. The van der Waals surface area contributed by atoms with Crippen LogP contribution in [0, 0.1) is 23.7 Å². The van der Waals surface area contributed by atoms with Crippen LogP contribution < -0.4 is 20.7 Å². The number of nitrogens with one attached hydrogen (secondary N) is 3. The fourth-order valence-corrected chi connectivity index (χ4v) is 10.1. The van der Waals surface area contributed by atoms with E-state index >= 15 is 0 Å². The van der Waals surface area contributed by atoms with Gasteiger partial charge in [0.05, 0.1) is 90.3 Å². The summed E-state index contributed by atoms with van der Waals surface area (Å²) in [7, 11) is 1.83. The number of rotatable bonds is 23. The molecule has 3 amide bonds. The van der Waals surface area contributed by atoms with Crippen molar-refractivity contribution in [1.82, 2.24) is 39.3 Å². The molecule has 5 aromatic heterocycles. The monoisotopic (exact) mass is 1010 g/mol. The Morgan fingerprint density at radius 3 is 2.32 bits per heavy atom. The van der Waals surface area contributed by atoms with Gasteiger partial charge in [0.15, 0.2) is 4.96 Å². The Kier molecular flexibility index (Phi) is 16.6. The van der Waals surface area contributed by atoms with Gasteiger partial charge >= 0.3 is 0 Å². The highest BCUT2D eigenvalue weighted by Gasteiger charge is 2.44. The fourth-order valence-electron chi connectivity index (χ4n) is 8.24. The van der Waals surface area contributed by atoms with E-state index in [4.69, 9.17) is 33.7 Å². The first kappa shape index (κ1) is 50.9. The van der Waals surface area contributed by atoms with Crippen LogP contribution in [0.4, 0.5) is 5.82 Å². The third kappa shape index (κ3) is 12.3. The number of nitrogens with zero attached hydrogens (tertiary/aromatic N) is 7. The Hall–Kier alpha value is -6.51. The van der Waals surface area contributed by atoms with E-state index in [2.05, 4.69) is 27.0 Å². The van der Waals surface area contributed by atoms with Crippen molar-refractivity contribution in [1.29, 1.82) is 5.26 Å². The summed E-state index contributed by atoms with van der Waals surface area (Å²) in [5.41, 5.74) is 7.65. The number of amides is 3. The van der Waals surface area contributed by atoms with Crippen LogP contribution in [-0.4, -0.2) is 143 Å². The molecular formula is C50H58N10O9S2. The first-order valence-electron chi connectivity index (χ1n) is 23.3. The molecule has 8 rings (SSSR count). The maximum atomic E-state index is 13.9. The number of aromatic nitrogens is 5. The molecule has 1 fully saturated rings. The number of benzene rings is 2. The number of β-amino-alcohol motifs (C(OH)–C–C–N with tert-alkyl or cyclic N) is 1. The van der Waals surface area contributed by atoms with Crippen LogP contribution in [0.2, 0.25) is 0 Å². The van der Waals surface area contributed by atoms with Gasteiger partial charge in [0.2, 0.25) is 17.7 Å². The Balaban J connectivity index is 0.677. The van der Waals surface area contributed by atoms with Crippen molar-refractivity contribution in [2.75, 3.05) is 78.4 Å². The summed E-state index contributed by atoms with van der Waals surface area (Å²) < 4.78 is 33.3. The van der Waals surface area contributed by atoms with Crippen molar-refractivity contribution in [3.8, 4) is 33.6 Å². The molecule has 3 atom stereocenters. The number of fused-ring (bicyclic) bond motifs is 4. The van der Waals surface area contributed by atoms with Crippen LogP contribution in [0.25, 0.3) is 42.7 Å². The van der Waals surface area contributed by atoms with Gasteiger partial charge in [0, 0.05) is 39.0 Å². The average Bonchev–Trinajstić information content (AvgIpc) is 4.20. The largest absolute Gasteiger partial charge is 0.491 e. The van der Waals surface area contributed by atoms with Gasteiger partial charge in [-0.3, -0.25) is 23.2 Å². The van der Waals surface area contributed by atoms with Gasteiger partial charge in [-0.2, -0.15) is 5.26 Å². The second-order valence-corrected chi connectivity index (χ2v) is 19.9. The molecule has 0 bridgehead atoms. The predicted molar refractivity (Wildman–Crippen MR) is 269 cm³/mol. The number of carbonyl (C=O) groups is 3. The maximum Gasteiger partial charge on any atom is 0.246 e. The van der Waals surface area contributed by atoms with E-state index in [1.165, 1.54) is 4.90 Å². The lowest BCUT2D eigenvalue weighted by molar-refractivity contribution is -0.144. The molecule has 0 spiro atoms. The minimum atomic E-state index is -0.967. The average molecular weight is 1010 g/mol. The number of aliphatic hydroxyl groups excluding tert-OH is 1. The van der Waals surface area contributed by atoms with E-state index in [-0.39, 0.29) is 45.2 Å². The zero-order chi connectivity index (χ0) is 50.1. The first-order chi connectivity index (χ1) is 34.3. The number of aryl methyl sites for hydroxylation is 1. The highest BCUT2D eigenvalue weighted by Crippen LogP contribution is 2.35. The zero-order valence-electron chi connectivity index (χ0n) is 40.3. The topological polar surface area (TPSA) is 228 Å². The summed E-state index contributed by atoms with van der Waals surface area (Å²) >= 11 is 3.12. The van der Waals surface area contributed by atoms with Crippen LogP contribution >= 0.6 is 22.7 Å². The molecule has 0 radical (unpaired) electrons. The van der Waals surface area contributed by atoms with Crippen LogP contribution in [0.15, 0.2) is 72.5 Å². The molecule has 1 aliphatic rings. The molecule has 1 unspecified atom stereocenters. The van der Waals surface area contributed by atoms with E-state index in [1.807, 2.05) is 104 Å². The molecule has 19 nitrogen and oxygen atoms in total. The van der Waals surface area contributed by atoms with Crippen LogP contribution in [-0.2, 0) is 39.9 Å². The normalized spacial score (nSPS) is 15.4. The Bertz CT molecular complexity index is 3010. The molecule has 1 aliphatic heterocycles. The number of nitriles is 1. The van der Waals surface area contributed by atoms with E-state index in [0.717, 1.165) is 54.1 Å². The Morgan fingerprint density at radius 1 is 0.930 bits per heavy atom. The van der Waals surface area contributed by atoms with Gasteiger partial charge in [0.1, 0.15) is 53.9 Å². The first-order valence-corrected chi connectivity index (χ1v) is 25.0. The van der Waals surface area contributed by atoms with Gasteiger partial charge in [-0.05, 0) is 53.8 Å². The van der Waals surface area contributed by atoms with Crippen molar-refractivity contribution in [2.45, 2.75) is 58.8 Å². The summed E-state index contributed by atoms with van der Waals surface area (Å²) in [5.74, 6) is 0.216. The van der Waals surface area contributed by atoms with Gasteiger partial charge < -0.3 is 49.6 Å². The molecule has 21 heteroatoms. The molecule has 6 heterocycles. The van der Waals surface area contributed by atoms with Gasteiger partial charge in [-0.25, -0.2) is 15.0 Å². The highest BCUT2D eigenvalue weighted by atomic mass is 32.1. The van der Waals surface area contributed by atoms with Crippen molar-refractivity contribution in [3.63, 3.8) is 0 Å². The molecule has 0 aliphatic carbocycles. The van der Waals surface area contributed by atoms with Crippen LogP contribution in [0.3, 0.4) is 0 Å². The van der Waals surface area contributed by atoms with Crippen molar-refractivity contribution in [2.24, 2.45) is 5.41 Å². The van der Waals surface area contributed by atoms with E-state index < -0.39 is 35.4 Å². The van der Waals surface area contributed by atoms with E-state index in [0.29, 0.717) is 56.5 Å². The summed E-state index contributed by atoms with van der Waals surface area (Å²) in [4.78, 5) is 57.5. The lowest BCUT2D eigenvalue weighted by Crippen LogP contribution is -2.58. The lowest BCUT2D eigenvalue weighted by Gasteiger charge is -2.35. The number of thiazole rings is 2. The van der Waals surface area contributed by atoms with Gasteiger partial charge in [-0.15, -0.1) is 11.3 Å². The van der Waals surface area contributed by atoms with Crippen LogP contribution in [0.5, 0.6) is 5.75 Å². The van der Waals surface area contributed by atoms with Gasteiger partial charge in [0.25, 0.3) is 0 Å². The number of imidazole rings is 2. The third-order valence-electron chi connectivity index (χ3n) is 11.9. The number of aliphatic hydroxyl groups is 1. The highest BCUT2D eigenvalue weighted by molar-refractivity contribution is 7.23. The SMILES string of the molecule is CNc1c(-c2cn3c(n2)sc2cc(OCCOCCOCCOCCOCC(=O)NC(C(=O)N4C[C@H](O)C[C@H]4C(=O)NCc4ccc(-c5scnc5C)cc4)C(C)(C)C)ccc23)nc2cc(C#N)ccn12. The number of carbonyl (C=O) groups excluding carboxylic acids is 3. The molecule has 7 aromatic rings. The predicted octanol–water partition coefficient (Wildman–Crippen LogP) is 5.46. The lowest BCUT2D eigenvalue weighted by atomic mass is 9.85. The summed E-state index contributed by atoms with van der Waals surface area (Å²) in [5, 5.41) is 28.8. The second-order valence-electron chi connectivity index (χ2n) is 18.0. The number of ether oxygens (including phenoxy) is 5. The number of hydrogen-bond donors (Lipinski definition) is 4. The molecule has 4 N–H and O–H groups in total. The van der Waals surface area contributed by atoms with Gasteiger partial charge in [-0.1, -0.05) is 56.4 Å². The summed E-state index contributed by atoms with van der Waals surface area (Å²) in [6, 6.07) is 17.6. The smallest absolute Gasteiger partial charge is 0.246 e. The van der Waals surface area contributed by atoms with Crippen molar-refractivity contribution < 1.29 is 43.2 Å². The number of pyridine rings is 1. The number of likely N-dealkylation sites (tertiary alicyclic amines) is 1. The number of hydrogen-bond acceptors (Lipinski definition) is 16. The minimum Gasteiger partial charge on any atom is -0.491 e. The Morgan fingerprint density at radius 2 is 1.65 bits per heavy atom. The van der Waals surface area contributed by atoms with E-state index in [9.17, 15) is 24.8 Å². The molecule has 71 heavy (non-hydrogen) atoms. The molecular weight excluding hydrogens is 949 g/mol. The van der Waals surface area contributed by atoms with Crippen LogP contribution in [0.1, 0.15) is 44.0 Å². The molecule has 1 saturated heterocycles. The fraction of sp³-hybridized carbons (Fsp3) is 0.420. The van der Waals surface area contributed by atoms with E-state index in [1.54, 1.807) is 34.8 Å².